The van der Waals surface area contributed by atoms with Gasteiger partial charge in [-0.1, -0.05) is 22.0 Å². The molecule has 0 aliphatic rings. The monoisotopic (exact) mass is 414 g/mol. The van der Waals surface area contributed by atoms with Crippen molar-refractivity contribution in [3.05, 3.63) is 64.0 Å². The highest BCUT2D eigenvalue weighted by atomic mass is 79.9. The molecule has 0 saturated carbocycles. The molecule has 3 aromatic rings. The Kier molecular flexibility index (Phi) is 5.08. The largest absolute Gasteiger partial charge is 0.331 e. The van der Waals surface area contributed by atoms with E-state index < -0.39 is 0 Å². The fraction of sp³-hybridized carbons (Fsp3) is 0.211. The van der Waals surface area contributed by atoms with Crippen LogP contribution in [0.1, 0.15) is 21.7 Å². The van der Waals surface area contributed by atoms with Crippen molar-refractivity contribution in [3.8, 4) is 0 Å². The van der Waals surface area contributed by atoms with E-state index in [9.17, 15) is 9.59 Å². The molecule has 2 aromatic heterocycles. The number of pyridine rings is 1. The SMILES string of the molecule is Cc1cc(Br)ccc1NC(=O)CN(C)C(=O)c1cn2c(C)cccc2n1. The van der Waals surface area contributed by atoms with Crippen LogP contribution in [0.4, 0.5) is 5.69 Å². The number of fused-ring (bicyclic) bond motifs is 1. The van der Waals surface area contributed by atoms with Gasteiger partial charge in [0.25, 0.3) is 5.91 Å². The van der Waals surface area contributed by atoms with Gasteiger partial charge in [-0.25, -0.2) is 4.98 Å². The Morgan fingerprint density at radius 2 is 2.00 bits per heavy atom. The first-order valence-electron chi connectivity index (χ1n) is 8.11. The van der Waals surface area contributed by atoms with Crippen LogP contribution >= 0.6 is 15.9 Å². The van der Waals surface area contributed by atoms with Gasteiger partial charge in [0.05, 0.1) is 6.54 Å². The number of amides is 2. The molecular formula is C19H19BrN4O2. The minimum absolute atomic E-state index is 0.0544. The van der Waals surface area contributed by atoms with Gasteiger partial charge in [0, 0.05) is 29.1 Å². The zero-order valence-electron chi connectivity index (χ0n) is 14.8. The van der Waals surface area contributed by atoms with Gasteiger partial charge in [-0.15, -0.1) is 0 Å². The third-order valence-electron chi connectivity index (χ3n) is 4.11. The van der Waals surface area contributed by atoms with Crippen LogP contribution in [0.25, 0.3) is 5.65 Å². The van der Waals surface area contributed by atoms with E-state index in [0.717, 1.165) is 21.4 Å². The van der Waals surface area contributed by atoms with Crippen molar-refractivity contribution in [1.82, 2.24) is 14.3 Å². The molecule has 0 unspecified atom stereocenters. The van der Waals surface area contributed by atoms with Crippen molar-refractivity contribution in [2.24, 2.45) is 0 Å². The number of halogens is 1. The molecule has 0 aliphatic carbocycles. The highest BCUT2D eigenvalue weighted by Gasteiger charge is 2.18. The molecule has 0 aliphatic heterocycles. The number of benzene rings is 1. The van der Waals surface area contributed by atoms with E-state index in [1.165, 1.54) is 4.90 Å². The van der Waals surface area contributed by atoms with Crippen LogP contribution in [0, 0.1) is 13.8 Å². The predicted molar refractivity (Wildman–Crippen MR) is 104 cm³/mol. The third kappa shape index (κ3) is 3.77. The van der Waals surface area contributed by atoms with Gasteiger partial charge in [-0.2, -0.15) is 0 Å². The number of nitrogens with one attached hydrogen (secondary N) is 1. The van der Waals surface area contributed by atoms with Gasteiger partial charge in [0.15, 0.2) is 0 Å². The summed E-state index contributed by atoms with van der Waals surface area (Å²) in [6, 6.07) is 11.3. The molecule has 134 valence electrons. The number of nitrogens with zero attached hydrogens (tertiary/aromatic N) is 3. The minimum atomic E-state index is -0.296. The first-order chi connectivity index (χ1) is 12.3. The fourth-order valence-electron chi connectivity index (χ4n) is 2.69. The summed E-state index contributed by atoms with van der Waals surface area (Å²) < 4.78 is 2.80. The van der Waals surface area contributed by atoms with Crippen LogP contribution in [-0.2, 0) is 4.79 Å². The summed E-state index contributed by atoms with van der Waals surface area (Å²) in [5, 5.41) is 2.83. The Morgan fingerprint density at radius 3 is 2.69 bits per heavy atom. The summed E-state index contributed by atoms with van der Waals surface area (Å²) in [6.07, 6.45) is 1.69. The first kappa shape index (κ1) is 18.1. The number of imidazole rings is 1. The summed E-state index contributed by atoms with van der Waals surface area (Å²) in [5.41, 5.74) is 3.67. The molecule has 0 saturated heterocycles. The normalized spacial score (nSPS) is 10.8. The Labute approximate surface area is 160 Å². The number of likely N-dealkylation sites (N-methyl/N-ethyl adjacent to an activating group) is 1. The van der Waals surface area contributed by atoms with Gasteiger partial charge >= 0.3 is 0 Å². The molecule has 0 spiro atoms. The van der Waals surface area contributed by atoms with E-state index in [4.69, 9.17) is 0 Å². The van der Waals surface area contributed by atoms with E-state index in [-0.39, 0.29) is 18.4 Å². The Morgan fingerprint density at radius 1 is 1.23 bits per heavy atom. The van der Waals surface area contributed by atoms with E-state index in [1.807, 2.05) is 54.6 Å². The lowest BCUT2D eigenvalue weighted by Gasteiger charge is -2.16. The van der Waals surface area contributed by atoms with Crippen molar-refractivity contribution in [3.63, 3.8) is 0 Å². The fourth-order valence-corrected chi connectivity index (χ4v) is 3.17. The summed E-state index contributed by atoms with van der Waals surface area (Å²) >= 11 is 3.39. The lowest BCUT2D eigenvalue weighted by Crippen LogP contribution is -2.35. The Bertz CT molecular complexity index is 996. The lowest BCUT2D eigenvalue weighted by atomic mass is 10.2. The summed E-state index contributed by atoms with van der Waals surface area (Å²) in [6.45, 7) is 3.80. The van der Waals surface area contributed by atoms with Crippen molar-refractivity contribution in [1.29, 1.82) is 0 Å². The molecule has 0 atom stereocenters. The summed E-state index contributed by atoms with van der Waals surface area (Å²) in [4.78, 5) is 30.6. The van der Waals surface area contributed by atoms with Crippen LogP contribution in [0.5, 0.6) is 0 Å². The highest BCUT2D eigenvalue weighted by Crippen LogP contribution is 2.20. The van der Waals surface area contributed by atoms with Crippen molar-refractivity contribution in [2.75, 3.05) is 18.9 Å². The van der Waals surface area contributed by atoms with Crippen LogP contribution in [0.3, 0.4) is 0 Å². The molecule has 0 fully saturated rings. The number of anilines is 1. The number of hydrogen-bond acceptors (Lipinski definition) is 3. The lowest BCUT2D eigenvalue weighted by molar-refractivity contribution is -0.116. The minimum Gasteiger partial charge on any atom is -0.331 e. The second kappa shape index (κ2) is 7.29. The van der Waals surface area contributed by atoms with Gasteiger partial charge in [-0.3, -0.25) is 9.59 Å². The average molecular weight is 415 g/mol. The number of hydrogen-bond donors (Lipinski definition) is 1. The molecule has 6 nitrogen and oxygen atoms in total. The van der Waals surface area contributed by atoms with Gasteiger partial charge in [-0.05, 0) is 49.7 Å². The van der Waals surface area contributed by atoms with E-state index in [1.54, 1.807) is 13.2 Å². The molecular weight excluding hydrogens is 396 g/mol. The molecule has 26 heavy (non-hydrogen) atoms. The number of aryl methyl sites for hydroxylation is 2. The maximum Gasteiger partial charge on any atom is 0.274 e. The number of aromatic nitrogens is 2. The second-order valence-electron chi connectivity index (χ2n) is 6.19. The van der Waals surface area contributed by atoms with Crippen LogP contribution in [-0.4, -0.2) is 39.7 Å². The van der Waals surface area contributed by atoms with Crippen LogP contribution < -0.4 is 5.32 Å². The van der Waals surface area contributed by atoms with Gasteiger partial charge < -0.3 is 14.6 Å². The van der Waals surface area contributed by atoms with Crippen LogP contribution in [0.15, 0.2) is 47.1 Å². The molecule has 3 rings (SSSR count). The maximum atomic E-state index is 12.6. The number of carbonyl (C=O) groups excluding carboxylic acids is 2. The highest BCUT2D eigenvalue weighted by molar-refractivity contribution is 9.10. The molecule has 1 N–H and O–H groups in total. The predicted octanol–water partition coefficient (Wildman–Crippen LogP) is 3.42. The van der Waals surface area contributed by atoms with Crippen molar-refractivity contribution in [2.45, 2.75) is 13.8 Å². The quantitative estimate of drug-likeness (QED) is 0.710. The molecule has 2 heterocycles. The average Bonchev–Trinajstić information content (AvgIpc) is 3.02. The summed E-state index contributed by atoms with van der Waals surface area (Å²) in [7, 11) is 1.59. The van der Waals surface area contributed by atoms with Crippen molar-refractivity contribution >= 4 is 39.1 Å². The van der Waals surface area contributed by atoms with Gasteiger partial charge in [0.1, 0.15) is 11.3 Å². The first-order valence-corrected chi connectivity index (χ1v) is 8.90. The summed E-state index contributed by atoms with van der Waals surface area (Å²) in [5.74, 6) is -0.554. The topological polar surface area (TPSA) is 66.7 Å². The smallest absolute Gasteiger partial charge is 0.274 e. The number of carbonyl (C=O) groups is 2. The molecule has 7 heteroatoms. The molecule has 0 bridgehead atoms. The molecule has 2 amide bonds. The second-order valence-corrected chi connectivity index (χ2v) is 7.11. The van der Waals surface area contributed by atoms with E-state index in [2.05, 4.69) is 26.2 Å². The van der Waals surface area contributed by atoms with Gasteiger partial charge in [0.2, 0.25) is 5.91 Å². The Balaban J connectivity index is 1.69. The van der Waals surface area contributed by atoms with E-state index in [0.29, 0.717) is 11.3 Å². The van der Waals surface area contributed by atoms with E-state index >= 15 is 0 Å². The van der Waals surface area contributed by atoms with Crippen molar-refractivity contribution < 1.29 is 9.59 Å². The Hall–Kier alpha value is -2.67. The number of rotatable bonds is 4. The zero-order chi connectivity index (χ0) is 18.8. The molecule has 1 aromatic carbocycles. The zero-order valence-corrected chi connectivity index (χ0v) is 16.4. The maximum absolute atomic E-state index is 12.6. The van der Waals surface area contributed by atoms with Crippen LogP contribution in [0.2, 0.25) is 0 Å². The standard InChI is InChI=1S/C19H19BrN4O2/c1-12-9-14(20)7-8-15(12)22-18(25)11-23(3)19(26)16-10-24-13(2)5-4-6-17(24)21-16/h4-10H,11H2,1-3H3,(H,22,25). The molecule has 0 radical (unpaired) electrons. The third-order valence-corrected chi connectivity index (χ3v) is 4.60.